The van der Waals surface area contributed by atoms with Crippen LogP contribution < -0.4 is 5.32 Å². The summed E-state index contributed by atoms with van der Waals surface area (Å²) in [7, 11) is 1.90. The highest BCUT2D eigenvalue weighted by Crippen LogP contribution is 2.18. The lowest BCUT2D eigenvalue weighted by Gasteiger charge is -2.11. The molecule has 2 aromatic rings. The van der Waals surface area contributed by atoms with Gasteiger partial charge in [-0.1, -0.05) is 6.07 Å². The van der Waals surface area contributed by atoms with Crippen molar-refractivity contribution in [3.8, 4) is 0 Å². The summed E-state index contributed by atoms with van der Waals surface area (Å²) >= 11 is 1.77. The molecule has 0 spiro atoms. The minimum Gasteiger partial charge on any atom is -0.302 e. The summed E-state index contributed by atoms with van der Waals surface area (Å²) in [6.07, 6.45) is 1.58. The van der Waals surface area contributed by atoms with Gasteiger partial charge in [0.1, 0.15) is 12.2 Å². The highest BCUT2D eigenvalue weighted by molar-refractivity contribution is 7.10. The maximum Gasteiger partial charge on any atom is 0.140 e. The van der Waals surface area contributed by atoms with E-state index in [1.54, 1.807) is 22.3 Å². The molecule has 0 saturated carbocycles. The molecule has 80 valence electrons. The van der Waals surface area contributed by atoms with Crippen molar-refractivity contribution in [3.63, 3.8) is 0 Å². The SMILES string of the molecule is C[C@H](NCc1ncnn1C)c1cccs1. The largest absolute Gasteiger partial charge is 0.302 e. The van der Waals surface area contributed by atoms with Crippen LogP contribution in [-0.2, 0) is 13.6 Å². The molecule has 5 heteroatoms. The van der Waals surface area contributed by atoms with Crippen LogP contribution in [0.25, 0.3) is 0 Å². The first-order valence-electron chi connectivity index (χ1n) is 4.87. The zero-order valence-electron chi connectivity index (χ0n) is 8.84. The second-order valence-corrected chi connectivity index (χ2v) is 4.40. The van der Waals surface area contributed by atoms with E-state index < -0.39 is 0 Å². The first-order chi connectivity index (χ1) is 7.27. The summed E-state index contributed by atoms with van der Waals surface area (Å²) in [4.78, 5) is 5.51. The van der Waals surface area contributed by atoms with Gasteiger partial charge in [0.15, 0.2) is 0 Å². The van der Waals surface area contributed by atoms with Gasteiger partial charge in [-0.15, -0.1) is 11.3 Å². The van der Waals surface area contributed by atoms with E-state index >= 15 is 0 Å². The molecule has 1 atom stereocenters. The van der Waals surface area contributed by atoms with Crippen LogP contribution in [0.4, 0.5) is 0 Å². The summed E-state index contributed by atoms with van der Waals surface area (Å²) in [5.74, 6) is 0.957. The molecule has 0 unspecified atom stereocenters. The average Bonchev–Trinajstić information content (AvgIpc) is 2.85. The van der Waals surface area contributed by atoms with E-state index in [1.807, 2.05) is 7.05 Å². The lowest BCUT2D eigenvalue weighted by Crippen LogP contribution is -2.19. The van der Waals surface area contributed by atoms with Crippen molar-refractivity contribution >= 4 is 11.3 Å². The zero-order chi connectivity index (χ0) is 10.7. The van der Waals surface area contributed by atoms with Gasteiger partial charge >= 0.3 is 0 Å². The van der Waals surface area contributed by atoms with Crippen LogP contribution in [0.3, 0.4) is 0 Å². The molecule has 0 aliphatic rings. The fourth-order valence-electron chi connectivity index (χ4n) is 1.36. The predicted molar refractivity (Wildman–Crippen MR) is 60.6 cm³/mol. The highest BCUT2D eigenvalue weighted by atomic mass is 32.1. The fourth-order valence-corrected chi connectivity index (χ4v) is 2.12. The van der Waals surface area contributed by atoms with Gasteiger partial charge in [0.2, 0.25) is 0 Å². The van der Waals surface area contributed by atoms with Gasteiger partial charge in [0.25, 0.3) is 0 Å². The molecule has 2 heterocycles. The maximum absolute atomic E-state index is 4.16. The van der Waals surface area contributed by atoms with E-state index in [4.69, 9.17) is 0 Å². The molecule has 0 aliphatic heterocycles. The lowest BCUT2D eigenvalue weighted by atomic mass is 10.3. The van der Waals surface area contributed by atoms with Gasteiger partial charge in [-0.05, 0) is 18.4 Å². The Bertz CT molecular complexity index is 407. The number of nitrogens with zero attached hydrogens (tertiary/aromatic N) is 3. The van der Waals surface area contributed by atoms with E-state index in [9.17, 15) is 0 Å². The standard InChI is InChI=1S/C10H14N4S/c1-8(9-4-3-5-15-9)11-6-10-12-7-13-14(10)2/h3-5,7-8,11H,6H2,1-2H3/t8-/m0/s1. The number of aromatic nitrogens is 3. The Balaban J connectivity index is 1.91. The topological polar surface area (TPSA) is 42.7 Å². The average molecular weight is 222 g/mol. The second kappa shape index (κ2) is 4.55. The van der Waals surface area contributed by atoms with E-state index in [0.717, 1.165) is 12.4 Å². The molecule has 0 aliphatic carbocycles. The third-order valence-electron chi connectivity index (χ3n) is 2.34. The maximum atomic E-state index is 4.16. The molecule has 0 aromatic carbocycles. The molecule has 4 nitrogen and oxygen atoms in total. The van der Waals surface area contributed by atoms with Crippen molar-refractivity contribution in [1.29, 1.82) is 0 Å². The molecule has 2 rings (SSSR count). The minimum atomic E-state index is 0.363. The van der Waals surface area contributed by atoms with E-state index in [2.05, 4.69) is 39.8 Å². The normalized spacial score (nSPS) is 12.9. The van der Waals surface area contributed by atoms with Crippen molar-refractivity contribution in [3.05, 3.63) is 34.5 Å². The Morgan fingerprint density at radius 3 is 3.07 bits per heavy atom. The molecule has 0 saturated heterocycles. The number of nitrogens with one attached hydrogen (secondary N) is 1. The quantitative estimate of drug-likeness (QED) is 0.856. The Morgan fingerprint density at radius 1 is 1.60 bits per heavy atom. The van der Waals surface area contributed by atoms with Crippen molar-refractivity contribution < 1.29 is 0 Å². The van der Waals surface area contributed by atoms with Crippen molar-refractivity contribution in [2.45, 2.75) is 19.5 Å². The Kier molecular flexibility index (Phi) is 3.13. The molecule has 0 bridgehead atoms. The molecular weight excluding hydrogens is 208 g/mol. The zero-order valence-corrected chi connectivity index (χ0v) is 9.66. The van der Waals surface area contributed by atoms with Crippen molar-refractivity contribution in [1.82, 2.24) is 20.1 Å². The number of hydrogen-bond acceptors (Lipinski definition) is 4. The van der Waals surface area contributed by atoms with Crippen LogP contribution in [0.2, 0.25) is 0 Å². The van der Waals surface area contributed by atoms with Gasteiger partial charge in [-0.3, -0.25) is 4.68 Å². The molecule has 15 heavy (non-hydrogen) atoms. The van der Waals surface area contributed by atoms with Crippen LogP contribution in [-0.4, -0.2) is 14.8 Å². The monoisotopic (exact) mass is 222 g/mol. The summed E-state index contributed by atoms with van der Waals surface area (Å²) in [5.41, 5.74) is 0. The summed E-state index contributed by atoms with van der Waals surface area (Å²) in [6.45, 7) is 2.90. The molecule has 1 N–H and O–H groups in total. The third-order valence-corrected chi connectivity index (χ3v) is 3.40. The number of aryl methyl sites for hydroxylation is 1. The Labute approximate surface area is 93.0 Å². The summed E-state index contributed by atoms with van der Waals surface area (Å²) < 4.78 is 1.79. The first kappa shape index (κ1) is 10.3. The van der Waals surface area contributed by atoms with E-state index in [1.165, 1.54) is 4.88 Å². The van der Waals surface area contributed by atoms with E-state index in [-0.39, 0.29) is 0 Å². The molecule has 0 amide bonds. The van der Waals surface area contributed by atoms with Crippen LogP contribution in [0.15, 0.2) is 23.8 Å². The molecule has 2 aromatic heterocycles. The highest BCUT2D eigenvalue weighted by Gasteiger charge is 2.07. The lowest BCUT2D eigenvalue weighted by molar-refractivity contribution is 0.546. The Morgan fingerprint density at radius 2 is 2.47 bits per heavy atom. The molecular formula is C10H14N4S. The fraction of sp³-hybridized carbons (Fsp3) is 0.400. The molecule has 0 fully saturated rings. The van der Waals surface area contributed by atoms with Crippen LogP contribution in [0.5, 0.6) is 0 Å². The predicted octanol–water partition coefficient (Wildman–Crippen LogP) is 1.73. The Hall–Kier alpha value is -1.20. The van der Waals surface area contributed by atoms with Gasteiger partial charge < -0.3 is 5.32 Å². The summed E-state index contributed by atoms with van der Waals surface area (Å²) in [6, 6.07) is 4.57. The smallest absolute Gasteiger partial charge is 0.140 e. The number of rotatable bonds is 4. The minimum absolute atomic E-state index is 0.363. The van der Waals surface area contributed by atoms with Crippen molar-refractivity contribution in [2.24, 2.45) is 7.05 Å². The van der Waals surface area contributed by atoms with Crippen LogP contribution in [0, 0.1) is 0 Å². The number of hydrogen-bond donors (Lipinski definition) is 1. The van der Waals surface area contributed by atoms with Crippen LogP contribution in [0.1, 0.15) is 23.7 Å². The van der Waals surface area contributed by atoms with Crippen LogP contribution >= 0.6 is 11.3 Å². The van der Waals surface area contributed by atoms with E-state index in [0.29, 0.717) is 6.04 Å². The summed E-state index contributed by atoms with van der Waals surface area (Å²) in [5, 5.41) is 9.53. The number of thiophene rings is 1. The van der Waals surface area contributed by atoms with Crippen molar-refractivity contribution in [2.75, 3.05) is 0 Å². The first-order valence-corrected chi connectivity index (χ1v) is 5.75. The van der Waals surface area contributed by atoms with Gasteiger partial charge in [0.05, 0.1) is 6.54 Å². The van der Waals surface area contributed by atoms with Gasteiger partial charge in [-0.2, -0.15) is 5.10 Å². The second-order valence-electron chi connectivity index (χ2n) is 3.42. The van der Waals surface area contributed by atoms with Gasteiger partial charge in [0, 0.05) is 18.0 Å². The third kappa shape index (κ3) is 2.43. The van der Waals surface area contributed by atoms with Gasteiger partial charge in [-0.25, -0.2) is 4.98 Å². The molecule has 0 radical (unpaired) electrons.